The van der Waals surface area contributed by atoms with Crippen LogP contribution in [0, 0.1) is 6.92 Å². The lowest BCUT2D eigenvalue weighted by Crippen LogP contribution is -2.20. The van der Waals surface area contributed by atoms with Gasteiger partial charge in [-0.25, -0.2) is 0 Å². The molecule has 1 N–H and O–H groups in total. The second-order valence-corrected chi connectivity index (χ2v) is 4.97. The van der Waals surface area contributed by atoms with Crippen molar-refractivity contribution in [2.45, 2.75) is 20.0 Å². The summed E-state index contributed by atoms with van der Waals surface area (Å²) in [5.41, 5.74) is 1.67. The van der Waals surface area contributed by atoms with Crippen LogP contribution in [0.3, 0.4) is 0 Å². The molecule has 0 fully saturated rings. The van der Waals surface area contributed by atoms with E-state index in [0.29, 0.717) is 5.69 Å². The summed E-state index contributed by atoms with van der Waals surface area (Å²) in [4.78, 5) is 14.0. The Morgan fingerprint density at radius 1 is 1.40 bits per heavy atom. The molecule has 108 valence electrons. The quantitative estimate of drug-likeness (QED) is 0.838. The molecule has 0 aliphatic heterocycles. The van der Waals surface area contributed by atoms with Crippen LogP contribution in [0.4, 0.5) is 5.69 Å². The molecule has 0 unspecified atom stereocenters. The molecule has 0 saturated heterocycles. The number of carbonyl (C=O) groups is 1. The lowest BCUT2D eigenvalue weighted by atomic mass is 10.4. The molecule has 20 heavy (non-hydrogen) atoms. The highest BCUT2D eigenvalue weighted by Gasteiger charge is 2.07. The standard InChI is InChI=1S/C13H20N6O/c1-11-4-5-14-19(11)10-13(20)16-12-8-15-18(9-12)7-6-17(2)3/h4-5,8-9H,6-7,10H2,1-3H3,(H,16,20). The summed E-state index contributed by atoms with van der Waals surface area (Å²) in [6, 6.07) is 1.87. The van der Waals surface area contributed by atoms with E-state index in [9.17, 15) is 4.79 Å². The van der Waals surface area contributed by atoms with Crippen molar-refractivity contribution in [2.24, 2.45) is 0 Å². The van der Waals surface area contributed by atoms with Crippen molar-refractivity contribution in [1.29, 1.82) is 0 Å². The molecule has 2 rings (SSSR count). The Bertz CT molecular complexity index is 571. The summed E-state index contributed by atoms with van der Waals surface area (Å²) in [6.07, 6.45) is 5.17. The van der Waals surface area contributed by atoms with Crippen LogP contribution in [0.25, 0.3) is 0 Å². The molecule has 2 heterocycles. The van der Waals surface area contributed by atoms with Gasteiger partial charge in [0.05, 0.1) is 18.4 Å². The van der Waals surface area contributed by atoms with Gasteiger partial charge in [0, 0.05) is 24.6 Å². The number of hydrogen-bond donors (Lipinski definition) is 1. The van der Waals surface area contributed by atoms with Crippen molar-refractivity contribution in [3.63, 3.8) is 0 Å². The van der Waals surface area contributed by atoms with Gasteiger partial charge in [0.25, 0.3) is 0 Å². The third-order valence-electron chi connectivity index (χ3n) is 2.92. The Labute approximate surface area is 118 Å². The Morgan fingerprint density at radius 3 is 2.85 bits per heavy atom. The maximum atomic E-state index is 11.9. The largest absolute Gasteiger partial charge is 0.322 e. The van der Waals surface area contributed by atoms with Crippen LogP contribution < -0.4 is 5.32 Å². The normalized spacial score (nSPS) is 11.0. The highest BCUT2D eigenvalue weighted by molar-refractivity contribution is 5.90. The molecule has 0 aromatic carbocycles. The fourth-order valence-corrected chi connectivity index (χ4v) is 1.75. The zero-order chi connectivity index (χ0) is 14.5. The average molecular weight is 276 g/mol. The number of rotatable bonds is 6. The number of likely N-dealkylation sites (N-methyl/N-ethyl adjacent to an activating group) is 1. The smallest absolute Gasteiger partial charge is 0.246 e. The van der Waals surface area contributed by atoms with E-state index in [2.05, 4.69) is 20.4 Å². The first-order chi connectivity index (χ1) is 9.54. The van der Waals surface area contributed by atoms with Gasteiger partial charge < -0.3 is 10.2 Å². The van der Waals surface area contributed by atoms with Gasteiger partial charge in [-0.2, -0.15) is 10.2 Å². The molecular weight excluding hydrogens is 256 g/mol. The Hall–Kier alpha value is -2.15. The van der Waals surface area contributed by atoms with Gasteiger partial charge in [0.1, 0.15) is 6.54 Å². The summed E-state index contributed by atoms with van der Waals surface area (Å²) in [6.45, 7) is 3.82. The predicted molar refractivity (Wildman–Crippen MR) is 76.4 cm³/mol. The SMILES string of the molecule is Cc1ccnn1CC(=O)Nc1cnn(CCN(C)C)c1. The number of carbonyl (C=O) groups excluding carboxylic acids is 1. The van der Waals surface area contributed by atoms with E-state index in [4.69, 9.17) is 0 Å². The monoisotopic (exact) mass is 276 g/mol. The molecule has 0 saturated carbocycles. The van der Waals surface area contributed by atoms with Crippen molar-refractivity contribution < 1.29 is 4.79 Å². The van der Waals surface area contributed by atoms with E-state index in [1.807, 2.05) is 38.0 Å². The van der Waals surface area contributed by atoms with Gasteiger partial charge in [0.2, 0.25) is 5.91 Å². The van der Waals surface area contributed by atoms with E-state index in [1.54, 1.807) is 17.1 Å². The second-order valence-electron chi connectivity index (χ2n) is 4.97. The molecule has 7 heteroatoms. The number of nitrogens with zero attached hydrogens (tertiary/aromatic N) is 5. The molecule has 0 atom stereocenters. The van der Waals surface area contributed by atoms with E-state index in [1.165, 1.54) is 0 Å². The van der Waals surface area contributed by atoms with Gasteiger partial charge in [-0.1, -0.05) is 0 Å². The van der Waals surface area contributed by atoms with Crippen LogP contribution in [-0.2, 0) is 17.9 Å². The van der Waals surface area contributed by atoms with Gasteiger partial charge in [-0.05, 0) is 27.1 Å². The molecular formula is C13H20N6O. The lowest BCUT2D eigenvalue weighted by Gasteiger charge is -2.08. The third kappa shape index (κ3) is 3.92. The number of aryl methyl sites for hydroxylation is 1. The number of anilines is 1. The first-order valence-corrected chi connectivity index (χ1v) is 6.50. The van der Waals surface area contributed by atoms with Gasteiger partial charge >= 0.3 is 0 Å². The zero-order valence-electron chi connectivity index (χ0n) is 12.1. The van der Waals surface area contributed by atoms with Crippen LogP contribution in [0.5, 0.6) is 0 Å². The minimum absolute atomic E-state index is 0.107. The van der Waals surface area contributed by atoms with Crippen LogP contribution in [0.1, 0.15) is 5.69 Å². The van der Waals surface area contributed by atoms with Crippen molar-refractivity contribution in [3.8, 4) is 0 Å². The van der Waals surface area contributed by atoms with E-state index in [0.717, 1.165) is 18.8 Å². The maximum Gasteiger partial charge on any atom is 0.246 e. The molecule has 0 radical (unpaired) electrons. The molecule has 0 bridgehead atoms. The first kappa shape index (κ1) is 14.3. The number of aromatic nitrogens is 4. The molecule has 7 nitrogen and oxygen atoms in total. The van der Waals surface area contributed by atoms with Crippen LogP contribution in [0.2, 0.25) is 0 Å². The van der Waals surface area contributed by atoms with E-state index in [-0.39, 0.29) is 12.5 Å². The third-order valence-corrected chi connectivity index (χ3v) is 2.92. The zero-order valence-corrected chi connectivity index (χ0v) is 12.1. The summed E-state index contributed by atoms with van der Waals surface area (Å²) < 4.78 is 3.47. The Morgan fingerprint density at radius 2 is 2.20 bits per heavy atom. The van der Waals surface area contributed by atoms with Gasteiger partial charge in [0.15, 0.2) is 0 Å². The maximum absolute atomic E-state index is 11.9. The fourth-order valence-electron chi connectivity index (χ4n) is 1.75. The fraction of sp³-hybridized carbons (Fsp3) is 0.462. The van der Waals surface area contributed by atoms with Gasteiger partial charge in [-0.3, -0.25) is 14.2 Å². The van der Waals surface area contributed by atoms with Crippen molar-refractivity contribution in [2.75, 3.05) is 26.0 Å². The molecule has 0 aliphatic rings. The van der Waals surface area contributed by atoms with Crippen LogP contribution in [0.15, 0.2) is 24.7 Å². The van der Waals surface area contributed by atoms with Crippen molar-refractivity contribution in [3.05, 3.63) is 30.4 Å². The Kier molecular flexibility index (Phi) is 4.52. The van der Waals surface area contributed by atoms with Gasteiger partial charge in [-0.15, -0.1) is 0 Å². The summed E-state index contributed by atoms with van der Waals surface area (Å²) in [5, 5.41) is 11.1. The van der Waals surface area contributed by atoms with Crippen molar-refractivity contribution in [1.82, 2.24) is 24.5 Å². The minimum atomic E-state index is -0.107. The summed E-state index contributed by atoms with van der Waals surface area (Å²) in [5.74, 6) is -0.107. The van der Waals surface area contributed by atoms with E-state index >= 15 is 0 Å². The summed E-state index contributed by atoms with van der Waals surface area (Å²) >= 11 is 0. The molecule has 2 aromatic rings. The van der Waals surface area contributed by atoms with Crippen LogP contribution in [-0.4, -0.2) is 51.0 Å². The minimum Gasteiger partial charge on any atom is -0.322 e. The van der Waals surface area contributed by atoms with E-state index < -0.39 is 0 Å². The molecule has 1 amide bonds. The molecule has 2 aromatic heterocycles. The molecule has 0 spiro atoms. The predicted octanol–water partition coefficient (Wildman–Crippen LogP) is 0.588. The lowest BCUT2D eigenvalue weighted by molar-refractivity contribution is -0.116. The van der Waals surface area contributed by atoms with Crippen molar-refractivity contribution >= 4 is 11.6 Å². The second kappa shape index (κ2) is 6.33. The average Bonchev–Trinajstić information content (AvgIpc) is 2.97. The highest BCUT2D eigenvalue weighted by Crippen LogP contribution is 2.05. The number of hydrogen-bond acceptors (Lipinski definition) is 4. The number of amides is 1. The Balaban J connectivity index is 1.87. The summed E-state index contributed by atoms with van der Waals surface area (Å²) in [7, 11) is 4.03. The van der Waals surface area contributed by atoms with Crippen LogP contribution >= 0.6 is 0 Å². The molecule has 0 aliphatic carbocycles. The first-order valence-electron chi connectivity index (χ1n) is 6.50. The number of nitrogens with one attached hydrogen (secondary N) is 1. The highest BCUT2D eigenvalue weighted by atomic mass is 16.2. The topological polar surface area (TPSA) is 68.0 Å².